The average molecular weight is 635 g/mol. The van der Waals surface area contributed by atoms with Crippen molar-refractivity contribution in [2.75, 3.05) is 7.11 Å². The summed E-state index contributed by atoms with van der Waals surface area (Å²) in [5.74, 6) is -3.82. The molecule has 10 nitrogen and oxygen atoms in total. The van der Waals surface area contributed by atoms with E-state index in [1.165, 1.54) is 49.7 Å². The van der Waals surface area contributed by atoms with Gasteiger partial charge in [0.15, 0.2) is 23.1 Å². The zero-order valence-electron chi connectivity index (χ0n) is 24.8. The molecule has 0 unspecified atom stereocenters. The summed E-state index contributed by atoms with van der Waals surface area (Å²) >= 11 is 0. The lowest BCUT2D eigenvalue weighted by Crippen LogP contribution is -2.03. The molecule has 47 heavy (non-hydrogen) atoms. The summed E-state index contributed by atoms with van der Waals surface area (Å²) in [6.07, 6.45) is 3.67. The normalized spacial score (nSPS) is 10.6. The van der Waals surface area contributed by atoms with Crippen molar-refractivity contribution in [1.82, 2.24) is 9.13 Å². The molecule has 0 fully saturated rings. The van der Waals surface area contributed by atoms with Crippen molar-refractivity contribution in [2.45, 2.75) is 13.3 Å². The number of halogens is 2. The van der Waals surface area contributed by atoms with Crippen molar-refractivity contribution >= 4 is 33.7 Å². The first kappa shape index (κ1) is 31.8. The second kappa shape index (κ2) is 12.8. The van der Waals surface area contributed by atoms with E-state index in [1.807, 2.05) is 13.0 Å². The maximum atomic E-state index is 14.1. The minimum Gasteiger partial charge on any atom is -0.505 e. The molecule has 0 atom stereocenters. The highest BCUT2D eigenvalue weighted by Gasteiger charge is 2.17. The number of nitrogens with zero attached hydrogens (tertiary/aromatic N) is 4. The van der Waals surface area contributed by atoms with E-state index in [0.717, 1.165) is 6.07 Å². The maximum Gasteiger partial charge on any atom is 0.335 e. The molecular weight excluding hydrogens is 610 g/mol. The van der Waals surface area contributed by atoms with E-state index < -0.39 is 29.3 Å². The number of nitriles is 2. The number of carbonyl (C=O) groups is 2. The van der Waals surface area contributed by atoms with Crippen molar-refractivity contribution in [2.24, 2.45) is 0 Å². The van der Waals surface area contributed by atoms with Crippen molar-refractivity contribution < 1.29 is 38.4 Å². The number of phenols is 1. The van der Waals surface area contributed by atoms with Crippen LogP contribution in [0.4, 0.5) is 8.78 Å². The lowest BCUT2D eigenvalue weighted by Gasteiger charge is -2.10. The van der Waals surface area contributed by atoms with Crippen molar-refractivity contribution in [3.8, 4) is 35.0 Å². The first-order valence-electron chi connectivity index (χ1n) is 13.9. The molecular formula is C35H24F2N4O6. The Kier molecular flexibility index (Phi) is 8.62. The number of hydrogen-bond donors (Lipinski definition) is 3. The smallest absolute Gasteiger partial charge is 0.335 e. The second-order valence-electron chi connectivity index (χ2n) is 10.2. The number of aromatic nitrogens is 2. The molecule has 0 amide bonds. The molecule has 234 valence electrons. The number of ether oxygens (including phenoxy) is 1. The van der Waals surface area contributed by atoms with Crippen LogP contribution < -0.4 is 4.74 Å². The third kappa shape index (κ3) is 5.91. The Balaban J connectivity index is 0.000000186. The fraction of sp³-hybridized carbons (Fsp3) is 0.0857. The quantitative estimate of drug-likeness (QED) is 0.177. The Labute approximate surface area is 265 Å². The number of carboxylic acid groups (broad SMARTS) is 2. The minimum absolute atomic E-state index is 0.0669. The molecule has 0 aliphatic carbocycles. The van der Waals surface area contributed by atoms with Gasteiger partial charge in [-0.3, -0.25) is 0 Å². The number of phenolic OH excluding ortho intramolecular Hbond substituents is 1. The number of carboxylic acids is 2. The van der Waals surface area contributed by atoms with Crippen LogP contribution in [0.1, 0.15) is 44.3 Å². The number of aromatic carboxylic acids is 2. The highest BCUT2D eigenvalue weighted by molar-refractivity contribution is 5.92. The van der Waals surface area contributed by atoms with Gasteiger partial charge in [-0.25, -0.2) is 18.4 Å². The van der Waals surface area contributed by atoms with Gasteiger partial charge in [-0.2, -0.15) is 10.5 Å². The number of rotatable bonds is 6. The molecule has 0 spiro atoms. The van der Waals surface area contributed by atoms with Crippen molar-refractivity contribution in [1.29, 1.82) is 10.5 Å². The van der Waals surface area contributed by atoms with Crippen molar-refractivity contribution in [3.63, 3.8) is 0 Å². The van der Waals surface area contributed by atoms with E-state index in [0.29, 0.717) is 50.7 Å². The van der Waals surface area contributed by atoms with Crippen molar-refractivity contribution in [3.05, 3.63) is 119 Å². The zero-order valence-corrected chi connectivity index (χ0v) is 24.8. The van der Waals surface area contributed by atoms with Gasteiger partial charge in [-0.1, -0.05) is 6.92 Å². The maximum absolute atomic E-state index is 14.1. The molecule has 0 aliphatic heterocycles. The lowest BCUT2D eigenvalue weighted by molar-refractivity contribution is 0.0685. The molecule has 0 radical (unpaired) electrons. The van der Waals surface area contributed by atoms with Crippen LogP contribution in [0.3, 0.4) is 0 Å². The van der Waals surface area contributed by atoms with Gasteiger partial charge in [0.2, 0.25) is 0 Å². The summed E-state index contributed by atoms with van der Waals surface area (Å²) in [4.78, 5) is 22.2. The van der Waals surface area contributed by atoms with Gasteiger partial charge >= 0.3 is 11.9 Å². The minimum atomic E-state index is -1.04. The van der Waals surface area contributed by atoms with E-state index >= 15 is 0 Å². The van der Waals surface area contributed by atoms with Gasteiger partial charge in [0, 0.05) is 46.7 Å². The van der Waals surface area contributed by atoms with Gasteiger partial charge in [0.25, 0.3) is 0 Å². The van der Waals surface area contributed by atoms with Crippen LogP contribution in [0.2, 0.25) is 0 Å². The number of fused-ring (bicyclic) bond motifs is 2. The third-order valence-corrected chi connectivity index (χ3v) is 7.56. The van der Waals surface area contributed by atoms with E-state index in [9.17, 15) is 33.8 Å². The van der Waals surface area contributed by atoms with Gasteiger partial charge in [-0.15, -0.1) is 0 Å². The monoisotopic (exact) mass is 634 g/mol. The lowest BCUT2D eigenvalue weighted by atomic mass is 10.0. The molecule has 0 aliphatic rings. The standard InChI is InChI=1S/C19H15FN2O3.C16H9FN2O3/c1-3-11-6-13(4-5-14(11)19(23)24)22-10-12(9-21)15-7-18(25-2)16(20)8-17(15)22;17-13-6-14-12(5-15(13)20)10(7-18)8-19(14)11-3-1-9(2-4-11)16(21)22/h4-8,10H,3H2,1-2H3,(H,23,24);1-6,8,20H,(H,21,22). The molecule has 6 rings (SSSR count). The Hall–Kier alpha value is -6.66. The second-order valence-corrected chi connectivity index (χ2v) is 10.2. The predicted octanol–water partition coefficient (Wildman–Crippen LogP) is 6.96. The van der Waals surface area contributed by atoms with Gasteiger partial charge in [-0.05, 0) is 66.6 Å². The summed E-state index contributed by atoms with van der Waals surface area (Å²) in [6.45, 7) is 1.87. The van der Waals surface area contributed by atoms with Gasteiger partial charge < -0.3 is 29.2 Å². The Morgan fingerprint density at radius 2 is 1.34 bits per heavy atom. The van der Waals surface area contributed by atoms with Crippen LogP contribution in [0.5, 0.6) is 11.5 Å². The topological polar surface area (TPSA) is 161 Å². The molecule has 3 N–H and O–H groups in total. The van der Waals surface area contributed by atoms with E-state index in [2.05, 4.69) is 6.07 Å². The van der Waals surface area contributed by atoms with E-state index in [-0.39, 0.29) is 22.4 Å². The molecule has 4 aromatic carbocycles. The molecule has 0 bridgehead atoms. The Morgan fingerprint density at radius 3 is 1.87 bits per heavy atom. The molecule has 0 saturated heterocycles. The number of methoxy groups -OCH3 is 1. The van der Waals surface area contributed by atoms with Crippen LogP contribution in [-0.2, 0) is 6.42 Å². The molecule has 2 aromatic heterocycles. The van der Waals surface area contributed by atoms with Gasteiger partial charge in [0.05, 0.1) is 40.4 Å². The summed E-state index contributed by atoms with van der Waals surface area (Å²) in [7, 11) is 1.37. The van der Waals surface area contributed by atoms with E-state index in [1.54, 1.807) is 39.6 Å². The zero-order chi connectivity index (χ0) is 34.0. The number of aromatic hydroxyl groups is 1. The molecule has 0 saturated carbocycles. The predicted molar refractivity (Wildman–Crippen MR) is 167 cm³/mol. The van der Waals surface area contributed by atoms with Crippen LogP contribution >= 0.6 is 0 Å². The fourth-order valence-corrected chi connectivity index (χ4v) is 5.22. The summed E-state index contributed by atoms with van der Waals surface area (Å²) in [5, 5.41) is 47.1. The number of hydrogen-bond acceptors (Lipinski definition) is 6. The third-order valence-electron chi connectivity index (χ3n) is 7.56. The first-order valence-corrected chi connectivity index (χ1v) is 13.9. The molecule has 6 aromatic rings. The fourth-order valence-electron chi connectivity index (χ4n) is 5.22. The summed E-state index contributed by atoms with van der Waals surface area (Å²) < 4.78 is 36.0. The SMILES string of the molecule is CCc1cc(-n2cc(C#N)c3cc(OC)c(F)cc32)ccc1C(=O)O.N#Cc1cn(-c2ccc(C(=O)O)cc2)c2cc(F)c(O)cc12. The largest absolute Gasteiger partial charge is 0.505 e. The van der Waals surface area contributed by atoms with Crippen LogP contribution in [0, 0.1) is 34.3 Å². The van der Waals surface area contributed by atoms with Gasteiger partial charge in [0.1, 0.15) is 12.1 Å². The molecule has 2 heterocycles. The Bertz CT molecular complexity index is 2290. The summed E-state index contributed by atoms with van der Waals surface area (Å²) in [6, 6.07) is 20.1. The van der Waals surface area contributed by atoms with Crippen LogP contribution in [-0.4, -0.2) is 43.5 Å². The number of benzene rings is 4. The average Bonchev–Trinajstić information content (AvgIpc) is 3.61. The number of aryl methyl sites for hydroxylation is 1. The first-order chi connectivity index (χ1) is 22.5. The Morgan fingerprint density at radius 1 is 0.787 bits per heavy atom. The highest BCUT2D eigenvalue weighted by atomic mass is 19.1. The highest BCUT2D eigenvalue weighted by Crippen LogP contribution is 2.32. The molecule has 12 heteroatoms. The van der Waals surface area contributed by atoms with Crippen LogP contribution in [0.15, 0.2) is 79.1 Å². The summed E-state index contributed by atoms with van der Waals surface area (Å²) in [5.41, 5.74) is 3.87. The van der Waals surface area contributed by atoms with Crippen LogP contribution in [0.25, 0.3) is 33.2 Å². The van der Waals surface area contributed by atoms with E-state index in [4.69, 9.17) is 15.1 Å².